The molecule has 1 aromatic rings. The Labute approximate surface area is 117 Å². The second-order valence-corrected chi connectivity index (χ2v) is 8.10. The first-order chi connectivity index (χ1) is 8.27. The van der Waals surface area contributed by atoms with Crippen LogP contribution in [0.4, 0.5) is 0 Å². The lowest BCUT2D eigenvalue weighted by Gasteiger charge is -2.36. The molecule has 3 unspecified atom stereocenters. The van der Waals surface area contributed by atoms with Gasteiger partial charge in [0.2, 0.25) is 0 Å². The summed E-state index contributed by atoms with van der Waals surface area (Å²) in [6, 6.07) is 2.82. The summed E-state index contributed by atoms with van der Waals surface area (Å²) in [5, 5.41) is 7.29. The third-order valence-corrected chi connectivity index (χ3v) is 7.58. The molecule has 1 N–H and O–H groups in total. The van der Waals surface area contributed by atoms with Gasteiger partial charge in [-0.15, -0.1) is 11.3 Å². The molecule has 0 saturated carbocycles. The Morgan fingerprint density at radius 2 is 2.18 bits per heavy atom. The molecule has 1 aliphatic heterocycles. The maximum Gasteiger partial charge on any atom is 0.0459 e. The average Bonchev–Trinajstić information content (AvgIpc) is 2.78. The van der Waals surface area contributed by atoms with Gasteiger partial charge in [-0.25, -0.2) is 0 Å². The number of hydrogen-bond donors (Lipinski definition) is 1. The molecule has 0 radical (unpaired) electrons. The summed E-state index contributed by atoms with van der Waals surface area (Å²) in [5.74, 6) is 2.62. The predicted octanol–water partition coefficient (Wildman–Crippen LogP) is 3.94. The van der Waals surface area contributed by atoms with Crippen LogP contribution in [0, 0.1) is 6.92 Å². The van der Waals surface area contributed by atoms with E-state index in [1.165, 1.54) is 28.4 Å². The van der Waals surface area contributed by atoms with Crippen molar-refractivity contribution in [3.8, 4) is 0 Å². The van der Waals surface area contributed by atoms with E-state index in [-0.39, 0.29) is 0 Å². The molecular formula is C13H21NS3. The fraction of sp³-hybridized carbons (Fsp3) is 0.692. The molecule has 1 aromatic heterocycles. The van der Waals surface area contributed by atoms with Gasteiger partial charge in [-0.1, -0.05) is 6.92 Å². The highest BCUT2D eigenvalue weighted by molar-refractivity contribution is 8.07. The van der Waals surface area contributed by atoms with Crippen molar-refractivity contribution < 1.29 is 0 Å². The molecule has 1 nitrogen and oxygen atoms in total. The van der Waals surface area contributed by atoms with Crippen LogP contribution in [-0.2, 0) is 0 Å². The molecule has 4 heteroatoms. The van der Waals surface area contributed by atoms with E-state index in [1.54, 1.807) is 0 Å². The molecule has 0 spiro atoms. The van der Waals surface area contributed by atoms with Gasteiger partial charge >= 0.3 is 0 Å². The summed E-state index contributed by atoms with van der Waals surface area (Å²) in [4.78, 5) is 1.47. The second kappa shape index (κ2) is 6.50. The van der Waals surface area contributed by atoms with E-state index in [0.29, 0.717) is 6.04 Å². The topological polar surface area (TPSA) is 12.0 Å². The molecule has 2 heterocycles. The molecule has 0 amide bonds. The van der Waals surface area contributed by atoms with Crippen LogP contribution in [0.1, 0.15) is 29.8 Å². The van der Waals surface area contributed by atoms with Gasteiger partial charge in [0.05, 0.1) is 0 Å². The van der Waals surface area contributed by atoms with Gasteiger partial charge in [0.25, 0.3) is 0 Å². The van der Waals surface area contributed by atoms with Crippen LogP contribution < -0.4 is 5.32 Å². The number of hydrogen-bond acceptors (Lipinski definition) is 4. The van der Waals surface area contributed by atoms with E-state index >= 15 is 0 Å². The Hall–Kier alpha value is 0.360. The van der Waals surface area contributed by atoms with Crippen LogP contribution in [0.5, 0.6) is 0 Å². The molecule has 1 saturated heterocycles. The van der Waals surface area contributed by atoms with E-state index in [9.17, 15) is 0 Å². The number of aryl methyl sites for hydroxylation is 1. The normalized spacial score (nSPS) is 27.0. The van der Waals surface area contributed by atoms with Crippen molar-refractivity contribution in [3.05, 3.63) is 21.9 Å². The predicted molar refractivity (Wildman–Crippen MR) is 83.6 cm³/mol. The molecule has 3 atom stereocenters. The molecule has 2 rings (SSSR count). The van der Waals surface area contributed by atoms with Gasteiger partial charge in [0, 0.05) is 32.9 Å². The number of nitrogens with one attached hydrogen (secondary N) is 1. The summed E-state index contributed by atoms with van der Waals surface area (Å²) in [7, 11) is 2.11. The Kier molecular flexibility index (Phi) is 5.27. The van der Waals surface area contributed by atoms with Gasteiger partial charge in [-0.05, 0) is 37.4 Å². The first-order valence-corrected chi connectivity index (χ1v) is 9.20. The van der Waals surface area contributed by atoms with Gasteiger partial charge in [0.1, 0.15) is 0 Å². The maximum atomic E-state index is 3.55. The minimum atomic E-state index is 0.518. The lowest BCUT2D eigenvalue weighted by Crippen LogP contribution is -2.37. The number of thiophene rings is 1. The van der Waals surface area contributed by atoms with E-state index in [2.05, 4.69) is 61.2 Å². The molecule has 1 fully saturated rings. The number of rotatable bonds is 4. The summed E-state index contributed by atoms with van der Waals surface area (Å²) < 4.78 is 0. The van der Waals surface area contributed by atoms with Crippen molar-refractivity contribution >= 4 is 34.9 Å². The average molecular weight is 288 g/mol. The largest absolute Gasteiger partial charge is 0.312 e. The Morgan fingerprint density at radius 3 is 2.76 bits per heavy atom. The molecule has 0 aliphatic carbocycles. The van der Waals surface area contributed by atoms with Gasteiger partial charge in [-0.3, -0.25) is 0 Å². The van der Waals surface area contributed by atoms with Crippen LogP contribution in [0.25, 0.3) is 0 Å². The Bertz CT molecular complexity index is 350. The monoisotopic (exact) mass is 287 g/mol. The van der Waals surface area contributed by atoms with Gasteiger partial charge in [0.15, 0.2) is 0 Å². The fourth-order valence-corrected chi connectivity index (χ4v) is 6.49. The van der Waals surface area contributed by atoms with Crippen molar-refractivity contribution in [1.29, 1.82) is 0 Å². The zero-order valence-electron chi connectivity index (χ0n) is 10.7. The fourth-order valence-electron chi connectivity index (χ4n) is 2.46. The maximum absolute atomic E-state index is 3.55. The van der Waals surface area contributed by atoms with Crippen molar-refractivity contribution in [2.75, 3.05) is 18.6 Å². The molecule has 1 aliphatic rings. The molecule has 0 aromatic carbocycles. The van der Waals surface area contributed by atoms with Crippen molar-refractivity contribution in [1.82, 2.24) is 5.32 Å². The first kappa shape index (κ1) is 13.8. The highest BCUT2D eigenvalue weighted by Crippen LogP contribution is 2.41. The van der Waals surface area contributed by atoms with Crippen molar-refractivity contribution in [2.45, 2.75) is 36.8 Å². The summed E-state index contributed by atoms with van der Waals surface area (Å²) >= 11 is 6.18. The highest BCUT2D eigenvalue weighted by atomic mass is 32.2. The summed E-state index contributed by atoms with van der Waals surface area (Å²) in [6.45, 7) is 4.57. The molecular weight excluding hydrogens is 266 g/mol. The van der Waals surface area contributed by atoms with E-state index in [0.717, 1.165) is 10.5 Å². The van der Waals surface area contributed by atoms with Crippen molar-refractivity contribution in [3.63, 3.8) is 0 Å². The van der Waals surface area contributed by atoms with Crippen LogP contribution in [0.15, 0.2) is 11.4 Å². The Morgan fingerprint density at radius 1 is 1.41 bits per heavy atom. The quantitative estimate of drug-likeness (QED) is 0.901. The highest BCUT2D eigenvalue weighted by Gasteiger charge is 2.32. The Balaban J connectivity index is 2.19. The summed E-state index contributed by atoms with van der Waals surface area (Å²) in [6.07, 6.45) is 1.28. The van der Waals surface area contributed by atoms with E-state index in [4.69, 9.17) is 0 Å². The smallest absolute Gasteiger partial charge is 0.0459 e. The third kappa shape index (κ3) is 3.03. The zero-order valence-corrected chi connectivity index (χ0v) is 13.2. The van der Waals surface area contributed by atoms with Crippen LogP contribution in [0.3, 0.4) is 0 Å². The zero-order chi connectivity index (χ0) is 12.3. The molecule has 0 bridgehead atoms. The van der Waals surface area contributed by atoms with Crippen LogP contribution >= 0.6 is 34.9 Å². The minimum Gasteiger partial charge on any atom is -0.312 e. The minimum absolute atomic E-state index is 0.518. The van der Waals surface area contributed by atoms with Crippen LogP contribution in [0.2, 0.25) is 0 Å². The standard InChI is InChI=1S/C13H21NS3/c1-4-11-13(17-8-7-16-11)12(14-3)10-5-6-15-9(10)2/h5-6,11-14H,4,7-8H2,1-3H3. The lowest BCUT2D eigenvalue weighted by molar-refractivity contribution is 0.543. The lowest BCUT2D eigenvalue weighted by atomic mass is 10.0. The van der Waals surface area contributed by atoms with E-state index < -0.39 is 0 Å². The van der Waals surface area contributed by atoms with Crippen LogP contribution in [-0.4, -0.2) is 29.1 Å². The second-order valence-electron chi connectivity index (χ2n) is 4.35. The SMILES string of the molecule is CCC1SCCSC1C(NC)c1ccsc1C. The third-order valence-electron chi connectivity index (χ3n) is 3.37. The first-order valence-electron chi connectivity index (χ1n) is 6.22. The summed E-state index contributed by atoms with van der Waals surface area (Å²) in [5.41, 5.74) is 1.51. The van der Waals surface area contributed by atoms with Gasteiger partial charge < -0.3 is 5.32 Å². The van der Waals surface area contributed by atoms with Crippen molar-refractivity contribution in [2.24, 2.45) is 0 Å². The van der Waals surface area contributed by atoms with Gasteiger partial charge in [-0.2, -0.15) is 23.5 Å². The van der Waals surface area contributed by atoms with E-state index in [1.807, 2.05) is 11.3 Å². The number of thioether (sulfide) groups is 2. The molecule has 17 heavy (non-hydrogen) atoms. The molecule has 96 valence electrons.